The highest BCUT2D eigenvalue weighted by Crippen LogP contribution is 2.23. The van der Waals surface area contributed by atoms with Gasteiger partial charge in [-0.15, -0.1) is 0 Å². The van der Waals surface area contributed by atoms with E-state index in [9.17, 15) is 4.79 Å². The van der Waals surface area contributed by atoms with Crippen LogP contribution in [0.25, 0.3) is 0 Å². The van der Waals surface area contributed by atoms with Crippen molar-refractivity contribution in [2.24, 2.45) is 0 Å². The molecule has 1 N–H and O–H groups in total. The van der Waals surface area contributed by atoms with Crippen LogP contribution in [0.4, 0.5) is 11.6 Å². The lowest BCUT2D eigenvalue weighted by Gasteiger charge is -2.26. The molecule has 1 fully saturated rings. The van der Waals surface area contributed by atoms with E-state index in [2.05, 4.69) is 15.3 Å². The molecule has 1 aliphatic heterocycles. The van der Waals surface area contributed by atoms with E-state index in [4.69, 9.17) is 9.47 Å². The number of rotatable bonds is 5. The molecule has 0 aliphatic carbocycles. The Morgan fingerprint density at radius 3 is 2.25 bits per heavy atom. The van der Waals surface area contributed by atoms with Crippen molar-refractivity contribution in [3.8, 4) is 11.5 Å². The summed E-state index contributed by atoms with van der Waals surface area (Å²) in [7, 11) is 0. The minimum Gasteiger partial charge on any atom is -0.457 e. The van der Waals surface area contributed by atoms with Crippen LogP contribution >= 0.6 is 0 Å². The quantitative estimate of drug-likeness (QED) is 0.735. The Balaban J connectivity index is 1.37. The number of nitrogens with one attached hydrogen (secondary N) is 1. The predicted octanol–water partition coefficient (Wildman–Crippen LogP) is 3.48. The SMILES string of the molecule is O=C(c1cnc(Nc2ccc(Oc3ccccc3)cc2)nc1)N1CCOCC1. The van der Waals surface area contributed by atoms with E-state index in [1.54, 1.807) is 17.3 Å². The third-order valence-corrected chi connectivity index (χ3v) is 4.29. The van der Waals surface area contributed by atoms with Gasteiger partial charge in [0.2, 0.25) is 5.95 Å². The highest BCUT2D eigenvalue weighted by molar-refractivity contribution is 5.93. The van der Waals surface area contributed by atoms with Crippen molar-refractivity contribution in [1.29, 1.82) is 0 Å². The fraction of sp³-hybridized carbons (Fsp3) is 0.190. The van der Waals surface area contributed by atoms with Crippen LogP contribution in [0.5, 0.6) is 11.5 Å². The van der Waals surface area contributed by atoms with Crippen molar-refractivity contribution in [2.45, 2.75) is 0 Å². The monoisotopic (exact) mass is 376 g/mol. The Bertz CT molecular complexity index is 909. The first-order valence-corrected chi connectivity index (χ1v) is 9.07. The fourth-order valence-corrected chi connectivity index (χ4v) is 2.81. The van der Waals surface area contributed by atoms with E-state index in [-0.39, 0.29) is 5.91 Å². The molecule has 3 aromatic rings. The molecule has 2 aromatic carbocycles. The van der Waals surface area contributed by atoms with Gasteiger partial charge in [-0.05, 0) is 36.4 Å². The summed E-state index contributed by atoms with van der Waals surface area (Å²) in [6, 6.07) is 17.1. The molecule has 142 valence electrons. The first-order chi connectivity index (χ1) is 13.8. The maximum atomic E-state index is 12.4. The maximum absolute atomic E-state index is 12.4. The van der Waals surface area contributed by atoms with Gasteiger partial charge >= 0.3 is 0 Å². The summed E-state index contributed by atoms with van der Waals surface area (Å²) in [4.78, 5) is 22.7. The molecule has 1 aromatic heterocycles. The average Bonchev–Trinajstić information content (AvgIpc) is 2.76. The molecular weight excluding hydrogens is 356 g/mol. The molecule has 0 unspecified atom stereocenters. The minimum atomic E-state index is -0.0720. The molecule has 0 saturated carbocycles. The van der Waals surface area contributed by atoms with Crippen molar-refractivity contribution in [2.75, 3.05) is 31.6 Å². The Hall–Kier alpha value is -3.45. The van der Waals surface area contributed by atoms with Crippen LogP contribution in [0.3, 0.4) is 0 Å². The Morgan fingerprint density at radius 1 is 0.929 bits per heavy atom. The molecule has 1 saturated heterocycles. The second-order valence-electron chi connectivity index (χ2n) is 6.26. The van der Waals surface area contributed by atoms with Crippen molar-refractivity contribution in [3.63, 3.8) is 0 Å². The maximum Gasteiger partial charge on any atom is 0.257 e. The molecule has 7 nitrogen and oxygen atoms in total. The summed E-state index contributed by atoms with van der Waals surface area (Å²) in [6.07, 6.45) is 3.08. The van der Waals surface area contributed by atoms with E-state index in [1.807, 2.05) is 54.6 Å². The zero-order valence-electron chi connectivity index (χ0n) is 15.2. The summed E-state index contributed by atoms with van der Waals surface area (Å²) in [5, 5.41) is 3.12. The highest BCUT2D eigenvalue weighted by Gasteiger charge is 2.19. The molecule has 2 heterocycles. The zero-order valence-corrected chi connectivity index (χ0v) is 15.2. The summed E-state index contributed by atoms with van der Waals surface area (Å²) >= 11 is 0. The van der Waals surface area contributed by atoms with Gasteiger partial charge in [-0.2, -0.15) is 0 Å². The molecule has 28 heavy (non-hydrogen) atoms. The molecule has 1 amide bonds. The van der Waals surface area contributed by atoms with Gasteiger partial charge in [-0.25, -0.2) is 9.97 Å². The Morgan fingerprint density at radius 2 is 1.57 bits per heavy atom. The molecule has 0 atom stereocenters. The number of anilines is 2. The third kappa shape index (κ3) is 4.44. The number of carbonyl (C=O) groups is 1. The number of para-hydroxylation sites is 1. The average molecular weight is 376 g/mol. The number of benzene rings is 2. The zero-order chi connectivity index (χ0) is 19.2. The van der Waals surface area contributed by atoms with E-state index in [0.717, 1.165) is 17.2 Å². The molecule has 0 bridgehead atoms. The molecule has 1 aliphatic rings. The first-order valence-electron chi connectivity index (χ1n) is 9.07. The van der Waals surface area contributed by atoms with Crippen molar-refractivity contribution >= 4 is 17.5 Å². The van der Waals surface area contributed by atoms with Crippen LogP contribution in [0.1, 0.15) is 10.4 Å². The van der Waals surface area contributed by atoms with Crippen LogP contribution < -0.4 is 10.1 Å². The standard InChI is InChI=1S/C21H20N4O3/c26-20(25-10-12-27-13-11-25)16-14-22-21(23-15-16)24-17-6-8-19(9-7-17)28-18-4-2-1-3-5-18/h1-9,14-15H,10-13H2,(H,22,23,24). The van der Waals surface area contributed by atoms with E-state index in [0.29, 0.717) is 37.8 Å². The minimum absolute atomic E-state index is 0.0720. The van der Waals surface area contributed by atoms with E-state index in [1.165, 1.54) is 0 Å². The third-order valence-electron chi connectivity index (χ3n) is 4.29. The topological polar surface area (TPSA) is 76.6 Å². The van der Waals surface area contributed by atoms with Crippen molar-refractivity contribution in [1.82, 2.24) is 14.9 Å². The largest absolute Gasteiger partial charge is 0.457 e. The molecule has 4 rings (SSSR count). The lowest BCUT2D eigenvalue weighted by molar-refractivity contribution is 0.0302. The number of amides is 1. The second-order valence-corrected chi connectivity index (χ2v) is 6.26. The van der Waals surface area contributed by atoms with Crippen LogP contribution in [0.15, 0.2) is 67.0 Å². The van der Waals surface area contributed by atoms with Gasteiger partial charge < -0.3 is 19.7 Å². The Labute approximate surface area is 163 Å². The summed E-state index contributed by atoms with van der Waals surface area (Å²) in [6.45, 7) is 2.32. The smallest absolute Gasteiger partial charge is 0.257 e. The molecule has 7 heteroatoms. The number of ether oxygens (including phenoxy) is 2. The number of carbonyl (C=O) groups excluding carboxylic acids is 1. The predicted molar refractivity (Wildman–Crippen MR) is 105 cm³/mol. The van der Waals surface area contributed by atoms with Gasteiger partial charge in [-0.3, -0.25) is 4.79 Å². The fourth-order valence-electron chi connectivity index (χ4n) is 2.81. The van der Waals surface area contributed by atoms with Gasteiger partial charge in [0, 0.05) is 31.2 Å². The lowest BCUT2D eigenvalue weighted by atomic mass is 10.2. The van der Waals surface area contributed by atoms with Crippen LogP contribution in [0, 0.1) is 0 Å². The number of aromatic nitrogens is 2. The lowest BCUT2D eigenvalue weighted by Crippen LogP contribution is -2.40. The second kappa shape index (κ2) is 8.49. The summed E-state index contributed by atoms with van der Waals surface area (Å²) in [5.41, 5.74) is 1.30. The van der Waals surface area contributed by atoms with Gasteiger partial charge in [0.25, 0.3) is 5.91 Å². The number of hydrogen-bond donors (Lipinski definition) is 1. The van der Waals surface area contributed by atoms with Gasteiger partial charge in [0.15, 0.2) is 0 Å². The highest BCUT2D eigenvalue weighted by atomic mass is 16.5. The van der Waals surface area contributed by atoms with Crippen LogP contribution in [-0.4, -0.2) is 47.1 Å². The van der Waals surface area contributed by atoms with E-state index >= 15 is 0 Å². The van der Waals surface area contributed by atoms with Crippen LogP contribution in [0.2, 0.25) is 0 Å². The normalized spacial score (nSPS) is 13.8. The summed E-state index contributed by atoms with van der Waals surface area (Å²) < 4.78 is 11.0. The number of nitrogens with zero attached hydrogens (tertiary/aromatic N) is 3. The van der Waals surface area contributed by atoms with Crippen molar-refractivity contribution in [3.05, 3.63) is 72.6 Å². The molecule has 0 spiro atoms. The summed E-state index contributed by atoms with van der Waals surface area (Å²) in [5.74, 6) is 1.88. The first kappa shape index (κ1) is 17.9. The van der Waals surface area contributed by atoms with E-state index < -0.39 is 0 Å². The number of morpholine rings is 1. The molecule has 0 radical (unpaired) electrons. The van der Waals surface area contributed by atoms with Crippen LogP contribution in [-0.2, 0) is 4.74 Å². The van der Waals surface area contributed by atoms with Gasteiger partial charge in [0.1, 0.15) is 11.5 Å². The Kier molecular flexibility index (Phi) is 5.44. The number of hydrogen-bond acceptors (Lipinski definition) is 6. The van der Waals surface area contributed by atoms with Gasteiger partial charge in [0.05, 0.1) is 18.8 Å². The van der Waals surface area contributed by atoms with Crippen molar-refractivity contribution < 1.29 is 14.3 Å². The van der Waals surface area contributed by atoms with Gasteiger partial charge in [-0.1, -0.05) is 18.2 Å². The molecular formula is C21H20N4O3.